The van der Waals surface area contributed by atoms with Crippen molar-refractivity contribution >= 4 is 22.4 Å². The Morgan fingerprint density at radius 1 is 1.15 bits per heavy atom. The van der Waals surface area contributed by atoms with E-state index < -0.39 is 5.97 Å². The van der Waals surface area contributed by atoms with Crippen LogP contribution in [-0.2, 0) is 0 Å². The van der Waals surface area contributed by atoms with Crippen LogP contribution in [0.4, 0.5) is 0 Å². The molecule has 0 bridgehead atoms. The fourth-order valence-corrected chi connectivity index (χ4v) is 3.78. The zero-order valence-corrected chi connectivity index (χ0v) is 14.3. The summed E-state index contributed by atoms with van der Waals surface area (Å²) in [5, 5.41) is 12.2. The number of carboxylic acids is 1. The number of fused-ring (bicyclic) bond motifs is 2. The van der Waals surface area contributed by atoms with Crippen molar-refractivity contribution in [2.45, 2.75) is 12.5 Å². The van der Waals surface area contributed by atoms with Crippen LogP contribution in [0.3, 0.4) is 0 Å². The summed E-state index contributed by atoms with van der Waals surface area (Å²) in [4.78, 5) is 20.2. The number of carbonyl (C=O) groups is 1. The number of benzene rings is 1. The normalized spacial score (nSPS) is 18.4. The van der Waals surface area contributed by atoms with E-state index in [1.165, 1.54) is 5.70 Å². The molecular formula is C21H16N4O2. The summed E-state index contributed by atoms with van der Waals surface area (Å²) in [5.41, 5.74) is 8.73. The van der Waals surface area contributed by atoms with Crippen molar-refractivity contribution in [3.05, 3.63) is 89.7 Å². The molecule has 6 heteroatoms. The van der Waals surface area contributed by atoms with Gasteiger partial charge < -0.3 is 5.11 Å². The van der Waals surface area contributed by atoms with E-state index in [2.05, 4.69) is 21.5 Å². The lowest BCUT2D eigenvalue weighted by molar-refractivity contribution is 0.0697. The van der Waals surface area contributed by atoms with E-state index in [0.29, 0.717) is 5.52 Å². The van der Waals surface area contributed by atoms with Crippen molar-refractivity contribution in [1.29, 1.82) is 0 Å². The van der Waals surface area contributed by atoms with Crippen LogP contribution in [0.25, 0.3) is 16.5 Å². The molecule has 2 aliphatic heterocycles. The van der Waals surface area contributed by atoms with Crippen molar-refractivity contribution < 1.29 is 9.90 Å². The molecule has 27 heavy (non-hydrogen) atoms. The first-order valence-corrected chi connectivity index (χ1v) is 8.71. The number of rotatable bonds is 3. The van der Waals surface area contributed by atoms with Gasteiger partial charge in [-0.05, 0) is 35.9 Å². The van der Waals surface area contributed by atoms with Crippen molar-refractivity contribution in [2.75, 3.05) is 0 Å². The van der Waals surface area contributed by atoms with E-state index in [4.69, 9.17) is 0 Å². The van der Waals surface area contributed by atoms with Crippen LogP contribution in [-0.4, -0.2) is 26.1 Å². The van der Waals surface area contributed by atoms with Gasteiger partial charge in [0, 0.05) is 41.7 Å². The maximum atomic E-state index is 11.3. The molecule has 2 aliphatic rings. The predicted octanol–water partition coefficient (Wildman–Crippen LogP) is 3.52. The van der Waals surface area contributed by atoms with E-state index >= 15 is 0 Å². The minimum absolute atomic E-state index is 0.0732. The first-order valence-electron chi connectivity index (χ1n) is 8.71. The van der Waals surface area contributed by atoms with Gasteiger partial charge in [0.15, 0.2) is 0 Å². The minimum Gasteiger partial charge on any atom is -0.478 e. The molecule has 2 N–H and O–H groups in total. The largest absolute Gasteiger partial charge is 0.478 e. The van der Waals surface area contributed by atoms with E-state index in [-0.39, 0.29) is 11.6 Å². The molecule has 0 amide bonds. The SMILES string of the molecule is O=C(O)c1ccc2c(C3=C4CC=CN4NC3c3ccccn3)ccnc2c1. The molecule has 0 saturated carbocycles. The molecule has 4 heterocycles. The van der Waals surface area contributed by atoms with Gasteiger partial charge >= 0.3 is 5.97 Å². The molecule has 0 spiro atoms. The molecule has 0 radical (unpaired) electrons. The summed E-state index contributed by atoms with van der Waals surface area (Å²) in [7, 11) is 0. The fourth-order valence-electron chi connectivity index (χ4n) is 3.78. The lowest BCUT2D eigenvalue weighted by Gasteiger charge is -2.17. The average molecular weight is 356 g/mol. The predicted molar refractivity (Wildman–Crippen MR) is 101 cm³/mol. The second kappa shape index (κ2) is 6.03. The van der Waals surface area contributed by atoms with Gasteiger partial charge in [-0.3, -0.25) is 15.0 Å². The number of aromatic nitrogens is 2. The number of nitrogens with one attached hydrogen (secondary N) is 1. The van der Waals surface area contributed by atoms with E-state index in [9.17, 15) is 9.90 Å². The Kier molecular flexibility index (Phi) is 3.51. The molecule has 6 nitrogen and oxygen atoms in total. The van der Waals surface area contributed by atoms with Crippen LogP contribution in [0.15, 0.2) is 72.8 Å². The highest BCUT2D eigenvalue weighted by Crippen LogP contribution is 2.43. The number of hydrogen-bond acceptors (Lipinski definition) is 5. The fraction of sp³-hybridized carbons (Fsp3) is 0.0952. The summed E-state index contributed by atoms with van der Waals surface area (Å²) in [5.74, 6) is -0.953. The number of pyridine rings is 2. The van der Waals surface area contributed by atoms with Gasteiger partial charge in [0.2, 0.25) is 0 Å². The molecule has 0 aliphatic carbocycles. The molecule has 0 fully saturated rings. The lowest BCUT2D eigenvalue weighted by Crippen LogP contribution is -2.27. The topological polar surface area (TPSA) is 78.4 Å². The Morgan fingerprint density at radius 3 is 2.89 bits per heavy atom. The molecule has 1 aromatic carbocycles. The van der Waals surface area contributed by atoms with Gasteiger partial charge in [-0.25, -0.2) is 10.2 Å². The molecule has 132 valence electrons. The average Bonchev–Trinajstić information content (AvgIpc) is 3.29. The third kappa shape index (κ3) is 2.50. The third-order valence-corrected chi connectivity index (χ3v) is 4.99. The lowest BCUT2D eigenvalue weighted by atomic mass is 9.92. The quantitative estimate of drug-likeness (QED) is 0.748. The summed E-state index contributed by atoms with van der Waals surface area (Å²) in [6.07, 6.45) is 8.51. The zero-order chi connectivity index (χ0) is 18.4. The molecule has 2 aromatic heterocycles. The maximum Gasteiger partial charge on any atom is 0.335 e. The van der Waals surface area contributed by atoms with Crippen molar-refractivity contribution in [3.8, 4) is 0 Å². The zero-order valence-electron chi connectivity index (χ0n) is 14.3. The first-order chi connectivity index (χ1) is 13.2. The van der Waals surface area contributed by atoms with Crippen molar-refractivity contribution in [1.82, 2.24) is 20.4 Å². The standard InChI is InChI=1S/C21H16N4O2/c26-21(27)13-6-7-14-15(8-10-23-17(14)12-13)19-18-5-3-11-25(18)24-20(19)16-4-1-2-9-22-16/h1-4,6-12,20,24H,5H2,(H,26,27). The second-order valence-corrected chi connectivity index (χ2v) is 6.53. The highest BCUT2D eigenvalue weighted by atomic mass is 16.4. The first kappa shape index (κ1) is 15.7. The van der Waals surface area contributed by atoms with Crippen LogP contribution in [0.2, 0.25) is 0 Å². The number of nitrogens with zero attached hydrogens (tertiary/aromatic N) is 3. The monoisotopic (exact) mass is 356 g/mol. The second-order valence-electron chi connectivity index (χ2n) is 6.53. The number of hydrogen-bond donors (Lipinski definition) is 2. The Balaban J connectivity index is 1.71. The van der Waals surface area contributed by atoms with Gasteiger partial charge in [0.25, 0.3) is 0 Å². The van der Waals surface area contributed by atoms with E-state index in [1.54, 1.807) is 24.5 Å². The summed E-state index contributed by atoms with van der Waals surface area (Å²) in [6, 6.07) is 12.9. The Hall–Kier alpha value is -3.51. The van der Waals surface area contributed by atoms with Crippen LogP contribution in [0.5, 0.6) is 0 Å². The smallest absolute Gasteiger partial charge is 0.335 e. The highest BCUT2D eigenvalue weighted by molar-refractivity contribution is 5.98. The van der Waals surface area contributed by atoms with Gasteiger partial charge in [-0.1, -0.05) is 18.2 Å². The van der Waals surface area contributed by atoms with E-state index in [1.807, 2.05) is 41.5 Å². The Bertz CT molecular complexity index is 1120. The minimum atomic E-state index is -0.953. The van der Waals surface area contributed by atoms with E-state index in [0.717, 1.165) is 28.6 Å². The molecule has 5 rings (SSSR count). The number of carboxylic acid groups (broad SMARTS) is 1. The van der Waals surface area contributed by atoms with Crippen LogP contribution >= 0.6 is 0 Å². The summed E-state index contributed by atoms with van der Waals surface area (Å²) in [6.45, 7) is 0. The van der Waals surface area contributed by atoms with Crippen molar-refractivity contribution in [2.24, 2.45) is 0 Å². The molecule has 1 atom stereocenters. The van der Waals surface area contributed by atoms with Gasteiger partial charge in [-0.2, -0.15) is 0 Å². The Morgan fingerprint density at radius 2 is 2.07 bits per heavy atom. The van der Waals surface area contributed by atoms with Crippen LogP contribution in [0, 0.1) is 0 Å². The molecule has 0 saturated heterocycles. The van der Waals surface area contributed by atoms with Gasteiger partial charge in [0.1, 0.15) is 0 Å². The van der Waals surface area contributed by atoms with Gasteiger partial charge in [-0.15, -0.1) is 0 Å². The Labute approximate surface area is 155 Å². The summed E-state index contributed by atoms with van der Waals surface area (Å²) >= 11 is 0. The number of hydrazine groups is 1. The molecular weight excluding hydrogens is 340 g/mol. The summed E-state index contributed by atoms with van der Waals surface area (Å²) < 4.78 is 0. The molecule has 1 unspecified atom stereocenters. The van der Waals surface area contributed by atoms with Crippen LogP contribution in [0.1, 0.15) is 34.1 Å². The highest BCUT2D eigenvalue weighted by Gasteiger charge is 2.34. The number of allylic oxidation sites excluding steroid dienone is 1. The van der Waals surface area contributed by atoms with Gasteiger partial charge in [0.05, 0.1) is 22.8 Å². The van der Waals surface area contributed by atoms with Crippen molar-refractivity contribution in [3.63, 3.8) is 0 Å². The maximum absolute atomic E-state index is 11.3. The molecule has 3 aromatic rings. The van der Waals surface area contributed by atoms with Crippen LogP contribution < -0.4 is 5.43 Å². The number of aromatic carboxylic acids is 1. The third-order valence-electron chi connectivity index (χ3n) is 4.99.